The van der Waals surface area contributed by atoms with Crippen LogP contribution in [0, 0.1) is 5.82 Å². The van der Waals surface area contributed by atoms with E-state index in [0.717, 1.165) is 12.1 Å². The van der Waals surface area contributed by atoms with Crippen LogP contribution < -0.4 is 0 Å². The molecule has 14 heavy (non-hydrogen) atoms. The number of azide groups is 1. The highest BCUT2D eigenvalue weighted by atomic mass is 35.5. The van der Waals surface area contributed by atoms with Gasteiger partial charge in [-0.25, -0.2) is 9.18 Å². The van der Waals surface area contributed by atoms with Gasteiger partial charge in [0.05, 0.1) is 16.3 Å². The predicted octanol–water partition coefficient (Wildman–Crippen LogP) is 3.12. The number of benzene rings is 1. The lowest BCUT2D eigenvalue weighted by Crippen LogP contribution is -1.98. The highest BCUT2D eigenvalue weighted by Crippen LogP contribution is 2.29. The molecule has 0 aromatic heterocycles. The van der Waals surface area contributed by atoms with Gasteiger partial charge in [-0.3, -0.25) is 0 Å². The van der Waals surface area contributed by atoms with Crippen molar-refractivity contribution >= 4 is 23.3 Å². The number of carboxylic acids is 1. The van der Waals surface area contributed by atoms with Crippen LogP contribution in [0.4, 0.5) is 10.1 Å². The van der Waals surface area contributed by atoms with E-state index in [0.29, 0.717) is 0 Å². The van der Waals surface area contributed by atoms with Crippen LogP contribution in [0.25, 0.3) is 10.4 Å². The molecule has 1 aromatic carbocycles. The number of halogens is 2. The molecule has 72 valence electrons. The fourth-order valence-electron chi connectivity index (χ4n) is 0.855. The Morgan fingerprint density at radius 2 is 2.29 bits per heavy atom. The third-order valence-corrected chi connectivity index (χ3v) is 1.74. The average Bonchev–Trinajstić information content (AvgIpc) is 2.13. The molecule has 1 aromatic rings. The molecule has 0 heterocycles. The van der Waals surface area contributed by atoms with E-state index in [1.54, 1.807) is 0 Å². The van der Waals surface area contributed by atoms with Gasteiger partial charge >= 0.3 is 5.97 Å². The number of rotatable bonds is 2. The number of nitrogens with zero attached hydrogens (tertiary/aromatic N) is 3. The number of hydrogen-bond acceptors (Lipinski definition) is 2. The van der Waals surface area contributed by atoms with E-state index in [-0.39, 0.29) is 5.02 Å². The lowest BCUT2D eigenvalue weighted by Gasteiger charge is -2.02. The number of carboxylic acid groups (broad SMARTS) is 1. The number of hydrogen-bond donors (Lipinski definition) is 1. The van der Waals surface area contributed by atoms with E-state index >= 15 is 0 Å². The molecule has 0 atom stereocenters. The molecule has 0 radical (unpaired) electrons. The Bertz CT molecular complexity index is 443. The quantitative estimate of drug-likeness (QED) is 0.467. The van der Waals surface area contributed by atoms with E-state index < -0.39 is 23.0 Å². The maximum Gasteiger partial charge on any atom is 0.336 e. The summed E-state index contributed by atoms with van der Waals surface area (Å²) in [6.07, 6.45) is 0. The molecule has 1 rings (SSSR count). The molecule has 0 aliphatic heterocycles. The van der Waals surface area contributed by atoms with Crippen LogP contribution in [0.15, 0.2) is 17.2 Å². The van der Waals surface area contributed by atoms with Gasteiger partial charge in [-0.2, -0.15) is 0 Å². The van der Waals surface area contributed by atoms with Crippen molar-refractivity contribution in [3.8, 4) is 0 Å². The highest BCUT2D eigenvalue weighted by Gasteiger charge is 2.15. The first-order chi connectivity index (χ1) is 6.57. The zero-order valence-corrected chi connectivity index (χ0v) is 7.36. The summed E-state index contributed by atoms with van der Waals surface area (Å²) < 4.78 is 13.1. The van der Waals surface area contributed by atoms with E-state index in [9.17, 15) is 9.18 Å². The van der Waals surface area contributed by atoms with Gasteiger partial charge in [0.25, 0.3) is 0 Å². The molecule has 1 N–H and O–H groups in total. The molecule has 0 fully saturated rings. The minimum absolute atomic E-state index is 0.294. The van der Waals surface area contributed by atoms with Crippen molar-refractivity contribution in [1.82, 2.24) is 0 Å². The van der Waals surface area contributed by atoms with Crippen LogP contribution in [0.5, 0.6) is 0 Å². The number of carbonyl (C=O) groups is 1. The van der Waals surface area contributed by atoms with E-state index in [2.05, 4.69) is 10.0 Å². The van der Waals surface area contributed by atoms with Crippen molar-refractivity contribution in [3.63, 3.8) is 0 Å². The molecular weight excluding hydrogens is 213 g/mol. The first-order valence-corrected chi connectivity index (χ1v) is 3.72. The monoisotopic (exact) mass is 215 g/mol. The molecule has 0 bridgehead atoms. The summed E-state index contributed by atoms with van der Waals surface area (Å²) >= 11 is 5.37. The summed E-state index contributed by atoms with van der Waals surface area (Å²) in [5.41, 5.74) is 7.07. The Labute approximate surface area is 82.4 Å². The Balaban J connectivity index is 3.52. The van der Waals surface area contributed by atoms with Crippen molar-refractivity contribution in [2.24, 2.45) is 5.11 Å². The molecule has 0 aliphatic carbocycles. The average molecular weight is 216 g/mol. The molecule has 0 unspecified atom stereocenters. The van der Waals surface area contributed by atoms with Crippen LogP contribution in [-0.2, 0) is 0 Å². The van der Waals surface area contributed by atoms with Crippen LogP contribution in [-0.4, -0.2) is 11.1 Å². The van der Waals surface area contributed by atoms with Crippen molar-refractivity contribution < 1.29 is 14.3 Å². The summed E-state index contributed by atoms with van der Waals surface area (Å²) in [6, 6.07) is 2.15. The van der Waals surface area contributed by atoms with Crippen LogP contribution >= 0.6 is 11.6 Å². The molecule has 0 saturated heterocycles. The lowest BCUT2D eigenvalue weighted by atomic mass is 10.2. The normalized spacial score (nSPS) is 9.29. The van der Waals surface area contributed by atoms with E-state index in [1.807, 2.05) is 0 Å². The standard InChI is InChI=1S/C7H3ClFN3O2/c8-4-2-1-3(7(13)14)6(5(4)9)11-12-10/h1-2H,(H,13,14). The number of aromatic carboxylic acids is 1. The third kappa shape index (κ3) is 1.76. The summed E-state index contributed by atoms with van der Waals surface area (Å²) in [5.74, 6) is -2.42. The second-order valence-electron chi connectivity index (χ2n) is 2.25. The predicted molar refractivity (Wildman–Crippen MR) is 47.2 cm³/mol. The molecule has 0 aliphatic rings. The Hall–Kier alpha value is -1.78. The largest absolute Gasteiger partial charge is 0.478 e. The smallest absolute Gasteiger partial charge is 0.336 e. The van der Waals surface area contributed by atoms with Crippen molar-refractivity contribution in [2.75, 3.05) is 0 Å². The van der Waals surface area contributed by atoms with Gasteiger partial charge in [0.15, 0.2) is 5.82 Å². The van der Waals surface area contributed by atoms with Gasteiger partial charge < -0.3 is 5.11 Å². The van der Waals surface area contributed by atoms with Gasteiger partial charge in [0.1, 0.15) is 0 Å². The van der Waals surface area contributed by atoms with Crippen molar-refractivity contribution in [2.45, 2.75) is 0 Å². The first kappa shape index (κ1) is 10.3. The Kier molecular flexibility index (Phi) is 2.91. The maximum absolute atomic E-state index is 13.1. The fourth-order valence-corrected chi connectivity index (χ4v) is 1.01. The van der Waals surface area contributed by atoms with Crippen LogP contribution in [0.2, 0.25) is 5.02 Å². The molecule has 5 nitrogen and oxygen atoms in total. The molecule has 0 amide bonds. The fraction of sp³-hybridized carbons (Fsp3) is 0. The van der Waals surface area contributed by atoms with Crippen molar-refractivity contribution in [3.05, 3.63) is 39.0 Å². The van der Waals surface area contributed by atoms with Gasteiger partial charge in [-0.1, -0.05) is 16.7 Å². The van der Waals surface area contributed by atoms with Gasteiger partial charge in [0.2, 0.25) is 0 Å². The van der Waals surface area contributed by atoms with Crippen LogP contribution in [0.1, 0.15) is 10.4 Å². The minimum Gasteiger partial charge on any atom is -0.478 e. The lowest BCUT2D eigenvalue weighted by molar-refractivity contribution is 0.0697. The van der Waals surface area contributed by atoms with Gasteiger partial charge in [-0.05, 0) is 17.7 Å². The SMILES string of the molecule is [N-]=[N+]=Nc1c(C(=O)O)ccc(Cl)c1F. The zero-order chi connectivity index (χ0) is 10.7. The second-order valence-corrected chi connectivity index (χ2v) is 2.66. The van der Waals surface area contributed by atoms with E-state index in [4.69, 9.17) is 22.2 Å². The summed E-state index contributed by atoms with van der Waals surface area (Å²) in [6.45, 7) is 0. The third-order valence-electron chi connectivity index (χ3n) is 1.44. The van der Waals surface area contributed by atoms with Gasteiger partial charge in [-0.15, -0.1) is 0 Å². The minimum atomic E-state index is -1.39. The topological polar surface area (TPSA) is 86.1 Å². The summed E-state index contributed by atoms with van der Waals surface area (Å²) in [5, 5.41) is 11.2. The molecular formula is C7H3ClFN3O2. The Morgan fingerprint density at radius 3 is 2.79 bits per heavy atom. The summed E-state index contributed by atoms with van der Waals surface area (Å²) in [7, 11) is 0. The van der Waals surface area contributed by atoms with Crippen LogP contribution in [0.3, 0.4) is 0 Å². The van der Waals surface area contributed by atoms with Crippen molar-refractivity contribution in [1.29, 1.82) is 0 Å². The highest BCUT2D eigenvalue weighted by molar-refractivity contribution is 6.31. The summed E-state index contributed by atoms with van der Waals surface area (Å²) in [4.78, 5) is 12.9. The first-order valence-electron chi connectivity index (χ1n) is 3.34. The maximum atomic E-state index is 13.1. The van der Waals surface area contributed by atoms with E-state index in [1.165, 1.54) is 0 Å². The Morgan fingerprint density at radius 1 is 1.64 bits per heavy atom. The second kappa shape index (κ2) is 3.95. The van der Waals surface area contributed by atoms with Gasteiger partial charge in [0, 0.05) is 4.91 Å². The zero-order valence-electron chi connectivity index (χ0n) is 6.61. The molecule has 7 heteroatoms. The molecule has 0 spiro atoms. The molecule has 0 saturated carbocycles.